The number of carbonyl (C=O) groups excluding carboxylic acids is 1. The second-order valence-corrected chi connectivity index (χ2v) is 4.39. The lowest BCUT2D eigenvalue weighted by atomic mass is 10.2. The maximum atomic E-state index is 11.5. The average Bonchev–Trinajstić information content (AvgIpc) is 2.60. The van der Waals surface area contributed by atoms with Gasteiger partial charge in [0.2, 0.25) is 5.91 Å². The summed E-state index contributed by atoms with van der Waals surface area (Å²) in [6.07, 6.45) is 1.32. The van der Waals surface area contributed by atoms with E-state index in [-0.39, 0.29) is 18.0 Å². The molecule has 0 aliphatic rings. The molecular formula is C11H18N4O3. The lowest BCUT2D eigenvalue weighted by molar-refractivity contribution is -0.129. The first-order valence-electron chi connectivity index (χ1n) is 5.45. The SMILES string of the molecule is CN(CC(=O)N(C)C)Cc1c(C(=O)O)cnn1C. The minimum atomic E-state index is -1.01. The summed E-state index contributed by atoms with van der Waals surface area (Å²) < 4.78 is 1.51. The number of aromatic carboxylic acids is 1. The van der Waals surface area contributed by atoms with Crippen molar-refractivity contribution in [2.75, 3.05) is 27.7 Å². The minimum Gasteiger partial charge on any atom is -0.478 e. The predicted molar refractivity (Wildman–Crippen MR) is 65.2 cm³/mol. The van der Waals surface area contributed by atoms with E-state index in [9.17, 15) is 9.59 Å². The molecule has 0 unspecified atom stereocenters. The number of hydrogen-bond donors (Lipinski definition) is 1. The zero-order chi connectivity index (χ0) is 13.9. The molecule has 1 N–H and O–H groups in total. The molecule has 1 amide bonds. The van der Waals surface area contributed by atoms with Crippen LogP contribution >= 0.6 is 0 Å². The van der Waals surface area contributed by atoms with Crippen LogP contribution in [0.15, 0.2) is 6.20 Å². The molecule has 7 nitrogen and oxygen atoms in total. The first kappa shape index (κ1) is 14.2. The summed E-state index contributed by atoms with van der Waals surface area (Å²) in [5.41, 5.74) is 0.748. The van der Waals surface area contributed by atoms with Crippen molar-refractivity contribution in [2.45, 2.75) is 6.54 Å². The summed E-state index contributed by atoms with van der Waals surface area (Å²) in [5, 5.41) is 12.9. The highest BCUT2D eigenvalue weighted by atomic mass is 16.4. The van der Waals surface area contributed by atoms with E-state index < -0.39 is 5.97 Å². The molecule has 0 radical (unpaired) electrons. The molecule has 0 aliphatic heterocycles. The lowest BCUT2D eigenvalue weighted by Gasteiger charge is -2.19. The van der Waals surface area contributed by atoms with Crippen LogP contribution in [0.5, 0.6) is 0 Å². The van der Waals surface area contributed by atoms with E-state index in [0.717, 1.165) is 0 Å². The Bertz CT molecular complexity index is 453. The highest BCUT2D eigenvalue weighted by Gasteiger charge is 2.17. The minimum absolute atomic E-state index is 0.0310. The first-order valence-corrected chi connectivity index (χ1v) is 5.45. The Balaban J connectivity index is 2.75. The fraction of sp³-hybridized carbons (Fsp3) is 0.545. The van der Waals surface area contributed by atoms with Crippen LogP contribution in [0.3, 0.4) is 0 Å². The van der Waals surface area contributed by atoms with Crippen LogP contribution in [0.25, 0.3) is 0 Å². The van der Waals surface area contributed by atoms with Crippen LogP contribution in [-0.2, 0) is 18.4 Å². The van der Waals surface area contributed by atoms with Crippen LogP contribution in [0, 0.1) is 0 Å². The molecule has 0 saturated heterocycles. The van der Waals surface area contributed by atoms with Gasteiger partial charge in [-0.2, -0.15) is 5.10 Å². The van der Waals surface area contributed by atoms with Gasteiger partial charge >= 0.3 is 5.97 Å². The summed E-state index contributed by atoms with van der Waals surface area (Å²) in [6.45, 7) is 0.592. The molecule has 1 heterocycles. The van der Waals surface area contributed by atoms with E-state index in [1.807, 2.05) is 0 Å². The first-order chi connectivity index (χ1) is 8.32. The van der Waals surface area contributed by atoms with Gasteiger partial charge in [0.1, 0.15) is 5.56 Å². The summed E-state index contributed by atoms with van der Waals surface area (Å²) >= 11 is 0. The molecule has 18 heavy (non-hydrogen) atoms. The molecule has 0 fully saturated rings. The van der Waals surface area contributed by atoms with Crippen molar-refractivity contribution < 1.29 is 14.7 Å². The molecule has 1 rings (SSSR count). The van der Waals surface area contributed by atoms with E-state index in [1.165, 1.54) is 15.8 Å². The predicted octanol–water partition coefficient (Wildman–Crippen LogP) is -0.362. The van der Waals surface area contributed by atoms with Crippen LogP contribution in [0.2, 0.25) is 0 Å². The van der Waals surface area contributed by atoms with Crippen molar-refractivity contribution in [1.82, 2.24) is 19.6 Å². The summed E-state index contributed by atoms with van der Waals surface area (Å²) in [4.78, 5) is 25.8. The third-order valence-electron chi connectivity index (χ3n) is 2.62. The number of amides is 1. The molecule has 0 aliphatic carbocycles. The molecule has 1 aromatic heterocycles. The van der Waals surface area contributed by atoms with Gasteiger partial charge < -0.3 is 10.0 Å². The Hall–Kier alpha value is -1.89. The number of hydrogen-bond acceptors (Lipinski definition) is 4. The van der Waals surface area contributed by atoms with Gasteiger partial charge in [0.15, 0.2) is 0 Å². The maximum absolute atomic E-state index is 11.5. The van der Waals surface area contributed by atoms with Gasteiger partial charge in [0.05, 0.1) is 18.4 Å². The standard InChI is InChI=1S/C11H18N4O3/c1-13(2)10(16)7-14(3)6-9-8(11(17)18)5-12-15(9)4/h5H,6-7H2,1-4H3,(H,17,18). The second-order valence-electron chi connectivity index (χ2n) is 4.39. The number of carboxylic acids is 1. The molecule has 0 bridgehead atoms. The highest BCUT2D eigenvalue weighted by molar-refractivity contribution is 5.88. The van der Waals surface area contributed by atoms with Crippen molar-refractivity contribution in [3.8, 4) is 0 Å². The van der Waals surface area contributed by atoms with E-state index in [2.05, 4.69) is 5.10 Å². The van der Waals surface area contributed by atoms with E-state index in [4.69, 9.17) is 5.11 Å². The second kappa shape index (κ2) is 5.63. The van der Waals surface area contributed by atoms with E-state index in [1.54, 1.807) is 33.1 Å². The highest BCUT2D eigenvalue weighted by Crippen LogP contribution is 2.10. The fourth-order valence-corrected chi connectivity index (χ4v) is 1.51. The Morgan fingerprint density at radius 2 is 2.00 bits per heavy atom. The Labute approximate surface area is 106 Å². The normalized spacial score (nSPS) is 10.7. The summed E-state index contributed by atoms with van der Waals surface area (Å²) in [7, 11) is 6.81. The van der Waals surface area contributed by atoms with Crippen LogP contribution in [0.1, 0.15) is 16.1 Å². The largest absolute Gasteiger partial charge is 0.478 e. The number of carbonyl (C=O) groups is 2. The third kappa shape index (κ3) is 3.30. The number of aryl methyl sites for hydroxylation is 1. The van der Waals surface area contributed by atoms with E-state index in [0.29, 0.717) is 12.2 Å². The molecule has 100 valence electrons. The number of carboxylic acid groups (broad SMARTS) is 1. The average molecular weight is 254 g/mol. The van der Waals surface area contributed by atoms with Gasteiger partial charge in [0.25, 0.3) is 0 Å². The molecule has 0 aromatic carbocycles. The zero-order valence-corrected chi connectivity index (χ0v) is 11.0. The van der Waals surface area contributed by atoms with E-state index >= 15 is 0 Å². The topological polar surface area (TPSA) is 78.7 Å². The van der Waals surface area contributed by atoms with Gasteiger partial charge in [-0.25, -0.2) is 4.79 Å². The summed E-state index contributed by atoms with van der Waals surface area (Å²) in [5.74, 6) is -1.04. The Kier molecular flexibility index (Phi) is 4.43. The molecule has 7 heteroatoms. The molecule has 0 saturated carbocycles. The van der Waals surface area contributed by atoms with Crippen molar-refractivity contribution in [2.24, 2.45) is 7.05 Å². The monoisotopic (exact) mass is 254 g/mol. The smallest absolute Gasteiger partial charge is 0.339 e. The Morgan fingerprint density at radius 1 is 1.39 bits per heavy atom. The van der Waals surface area contributed by atoms with Gasteiger partial charge in [-0.3, -0.25) is 14.4 Å². The van der Waals surface area contributed by atoms with Crippen molar-refractivity contribution in [3.63, 3.8) is 0 Å². The lowest BCUT2D eigenvalue weighted by Crippen LogP contribution is -2.34. The summed E-state index contributed by atoms with van der Waals surface area (Å²) in [6, 6.07) is 0. The molecular weight excluding hydrogens is 236 g/mol. The molecule has 0 spiro atoms. The molecule has 1 aromatic rings. The van der Waals surface area contributed by atoms with Crippen LogP contribution in [-0.4, -0.2) is 64.3 Å². The van der Waals surface area contributed by atoms with Gasteiger partial charge in [-0.1, -0.05) is 0 Å². The van der Waals surface area contributed by atoms with Gasteiger partial charge in [-0.15, -0.1) is 0 Å². The number of nitrogens with zero attached hydrogens (tertiary/aromatic N) is 4. The van der Waals surface area contributed by atoms with Crippen LogP contribution < -0.4 is 0 Å². The van der Waals surface area contributed by atoms with Gasteiger partial charge in [0, 0.05) is 27.7 Å². The van der Waals surface area contributed by atoms with Crippen molar-refractivity contribution in [1.29, 1.82) is 0 Å². The third-order valence-corrected chi connectivity index (χ3v) is 2.62. The number of likely N-dealkylation sites (N-methyl/N-ethyl adjacent to an activating group) is 2. The van der Waals surface area contributed by atoms with Gasteiger partial charge in [-0.05, 0) is 7.05 Å². The quantitative estimate of drug-likeness (QED) is 0.776. The van der Waals surface area contributed by atoms with Crippen molar-refractivity contribution >= 4 is 11.9 Å². The zero-order valence-electron chi connectivity index (χ0n) is 11.0. The van der Waals surface area contributed by atoms with Crippen molar-refractivity contribution in [3.05, 3.63) is 17.5 Å². The number of aromatic nitrogens is 2. The van der Waals surface area contributed by atoms with Crippen LogP contribution in [0.4, 0.5) is 0 Å². The maximum Gasteiger partial charge on any atom is 0.339 e. The number of rotatable bonds is 5. The Morgan fingerprint density at radius 3 is 2.50 bits per heavy atom. The fourth-order valence-electron chi connectivity index (χ4n) is 1.51. The molecule has 0 atom stereocenters.